The molecular weight excluding hydrogens is 322 g/mol. The molecule has 0 heterocycles. The fraction of sp³-hybridized carbons (Fsp3) is 0.316. The molecule has 0 aliphatic carbocycles. The van der Waals surface area contributed by atoms with E-state index in [0.29, 0.717) is 0 Å². The highest BCUT2D eigenvalue weighted by atomic mass is 32.2. The van der Waals surface area contributed by atoms with Crippen LogP contribution in [0.3, 0.4) is 0 Å². The predicted molar refractivity (Wildman–Crippen MR) is 97.0 cm³/mol. The Kier molecular flexibility index (Phi) is 5.44. The molecule has 1 N–H and O–H groups in total. The van der Waals surface area contributed by atoms with E-state index < -0.39 is 15.1 Å². The maximum absolute atomic E-state index is 12.2. The normalized spacial score (nSPS) is 11.5. The van der Waals surface area contributed by atoms with E-state index in [1.54, 1.807) is 38.1 Å². The third-order valence-electron chi connectivity index (χ3n) is 3.74. The Bertz CT molecular complexity index is 817. The predicted octanol–water partition coefficient (Wildman–Crippen LogP) is 3.67. The smallest absolute Gasteiger partial charge is 0.228 e. The first-order chi connectivity index (χ1) is 11.2. The summed E-state index contributed by atoms with van der Waals surface area (Å²) in [4.78, 5) is 12.5. The first-order valence-corrected chi connectivity index (χ1v) is 9.44. The SMILES string of the molecule is Cc1cc(C)cc(NC(=O)Cc2ccc(S(=O)(=O)C(C)C)cc2)c1. The van der Waals surface area contributed by atoms with Gasteiger partial charge in [-0.05, 0) is 68.7 Å². The van der Waals surface area contributed by atoms with Gasteiger partial charge < -0.3 is 5.32 Å². The molecule has 0 fully saturated rings. The minimum absolute atomic E-state index is 0.125. The summed E-state index contributed by atoms with van der Waals surface area (Å²) in [5, 5.41) is 2.42. The summed E-state index contributed by atoms with van der Waals surface area (Å²) in [5.41, 5.74) is 3.73. The van der Waals surface area contributed by atoms with E-state index >= 15 is 0 Å². The number of benzene rings is 2. The number of sulfone groups is 1. The second-order valence-electron chi connectivity index (χ2n) is 6.34. The molecule has 24 heavy (non-hydrogen) atoms. The first-order valence-electron chi connectivity index (χ1n) is 7.89. The standard InChI is InChI=1S/C19H23NO3S/c1-13(2)24(22,23)18-7-5-16(6-8-18)12-19(21)20-17-10-14(3)9-15(4)11-17/h5-11,13H,12H2,1-4H3,(H,20,21). The molecule has 128 valence electrons. The van der Waals surface area contributed by atoms with E-state index in [0.717, 1.165) is 22.4 Å². The lowest BCUT2D eigenvalue weighted by molar-refractivity contribution is -0.115. The van der Waals surface area contributed by atoms with Gasteiger partial charge in [0.1, 0.15) is 0 Å². The van der Waals surface area contributed by atoms with E-state index in [9.17, 15) is 13.2 Å². The molecule has 0 bridgehead atoms. The van der Waals surface area contributed by atoms with Crippen LogP contribution in [0.25, 0.3) is 0 Å². The Labute approximate surface area is 143 Å². The lowest BCUT2D eigenvalue weighted by Crippen LogP contribution is -2.15. The van der Waals surface area contributed by atoms with E-state index in [1.807, 2.05) is 32.0 Å². The lowest BCUT2D eigenvalue weighted by atomic mass is 10.1. The summed E-state index contributed by atoms with van der Waals surface area (Å²) in [7, 11) is -3.28. The number of nitrogens with one attached hydrogen (secondary N) is 1. The number of anilines is 1. The molecule has 0 saturated carbocycles. The van der Waals surface area contributed by atoms with Crippen molar-refractivity contribution in [3.63, 3.8) is 0 Å². The Morgan fingerprint density at radius 3 is 2.04 bits per heavy atom. The maximum atomic E-state index is 12.2. The largest absolute Gasteiger partial charge is 0.326 e. The van der Waals surface area contributed by atoms with E-state index in [-0.39, 0.29) is 17.2 Å². The van der Waals surface area contributed by atoms with Crippen molar-refractivity contribution in [1.29, 1.82) is 0 Å². The van der Waals surface area contributed by atoms with Gasteiger partial charge in [0.2, 0.25) is 5.91 Å². The fourth-order valence-electron chi connectivity index (χ4n) is 2.51. The van der Waals surface area contributed by atoms with Crippen LogP contribution < -0.4 is 5.32 Å². The van der Waals surface area contributed by atoms with Gasteiger partial charge in [0.15, 0.2) is 9.84 Å². The van der Waals surface area contributed by atoms with Gasteiger partial charge in [0, 0.05) is 5.69 Å². The zero-order chi connectivity index (χ0) is 17.9. The van der Waals surface area contributed by atoms with Gasteiger partial charge in [0.25, 0.3) is 0 Å². The summed E-state index contributed by atoms with van der Waals surface area (Å²) >= 11 is 0. The maximum Gasteiger partial charge on any atom is 0.228 e. The molecule has 0 atom stereocenters. The zero-order valence-corrected chi connectivity index (χ0v) is 15.3. The van der Waals surface area contributed by atoms with Crippen molar-refractivity contribution < 1.29 is 13.2 Å². The van der Waals surface area contributed by atoms with Gasteiger partial charge in [0.05, 0.1) is 16.6 Å². The molecule has 5 heteroatoms. The second-order valence-corrected chi connectivity index (χ2v) is 8.84. The molecule has 0 radical (unpaired) electrons. The van der Waals surface area contributed by atoms with Crippen LogP contribution in [0, 0.1) is 13.8 Å². The molecule has 2 aromatic carbocycles. The number of amides is 1. The molecule has 1 amide bonds. The van der Waals surface area contributed by atoms with Crippen molar-refractivity contribution in [1.82, 2.24) is 0 Å². The van der Waals surface area contributed by atoms with Crippen LogP contribution in [0.4, 0.5) is 5.69 Å². The van der Waals surface area contributed by atoms with Crippen molar-refractivity contribution >= 4 is 21.4 Å². The Balaban J connectivity index is 2.07. The summed E-state index contributed by atoms with van der Waals surface area (Å²) in [6.45, 7) is 7.27. The van der Waals surface area contributed by atoms with Crippen LogP contribution in [-0.2, 0) is 21.1 Å². The summed E-state index contributed by atoms with van der Waals surface area (Å²) < 4.78 is 24.2. The summed E-state index contributed by atoms with van der Waals surface area (Å²) in [6, 6.07) is 12.4. The Morgan fingerprint density at radius 1 is 1.00 bits per heavy atom. The molecule has 0 aliphatic heterocycles. The number of rotatable bonds is 5. The number of hydrogen-bond acceptors (Lipinski definition) is 3. The number of aryl methyl sites for hydroxylation is 2. The van der Waals surface area contributed by atoms with Crippen LogP contribution in [0.1, 0.15) is 30.5 Å². The summed E-state index contributed by atoms with van der Waals surface area (Å²) in [6.07, 6.45) is 0.203. The summed E-state index contributed by atoms with van der Waals surface area (Å²) in [5.74, 6) is -0.125. The molecule has 2 rings (SSSR count). The average molecular weight is 345 g/mol. The minimum Gasteiger partial charge on any atom is -0.326 e. The molecule has 2 aromatic rings. The second kappa shape index (κ2) is 7.18. The van der Waals surface area contributed by atoms with Gasteiger partial charge in [-0.25, -0.2) is 8.42 Å². The van der Waals surface area contributed by atoms with Gasteiger partial charge in [-0.3, -0.25) is 4.79 Å². The third kappa shape index (κ3) is 4.45. The number of carbonyl (C=O) groups excluding carboxylic acids is 1. The van der Waals surface area contributed by atoms with Crippen LogP contribution in [0.15, 0.2) is 47.4 Å². The molecule has 0 unspecified atom stereocenters. The molecular formula is C19H23NO3S. The van der Waals surface area contributed by atoms with Gasteiger partial charge in [-0.1, -0.05) is 18.2 Å². The molecule has 0 aromatic heterocycles. The highest BCUT2D eigenvalue weighted by Crippen LogP contribution is 2.18. The minimum atomic E-state index is -3.28. The number of hydrogen-bond donors (Lipinski definition) is 1. The Hall–Kier alpha value is -2.14. The van der Waals surface area contributed by atoms with Crippen molar-refractivity contribution in [2.24, 2.45) is 0 Å². The Morgan fingerprint density at radius 2 is 1.54 bits per heavy atom. The van der Waals surface area contributed by atoms with Crippen LogP contribution in [0.5, 0.6) is 0 Å². The van der Waals surface area contributed by atoms with Crippen molar-refractivity contribution in [2.75, 3.05) is 5.32 Å². The average Bonchev–Trinajstić information content (AvgIpc) is 2.46. The molecule has 0 spiro atoms. The highest BCUT2D eigenvalue weighted by molar-refractivity contribution is 7.92. The molecule has 4 nitrogen and oxygen atoms in total. The van der Waals surface area contributed by atoms with Crippen LogP contribution >= 0.6 is 0 Å². The molecule has 0 saturated heterocycles. The monoisotopic (exact) mass is 345 g/mol. The van der Waals surface area contributed by atoms with E-state index in [1.165, 1.54) is 0 Å². The highest BCUT2D eigenvalue weighted by Gasteiger charge is 2.18. The van der Waals surface area contributed by atoms with E-state index in [4.69, 9.17) is 0 Å². The first kappa shape index (κ1) is 18.2. The number of carbonyl (C=O) groups is 1. The van der Waals surface area contributed by atoms with Crippen molar-refractivity contribution in [3.8, 4) is 0 Å². The van der Waals surface area contributed by atoms with Gasteiger partial charge in [-0.2, -0.15) is 0 Å². The van der Waals surface area contributed by atoms with Crippen molar-refractivity contribution in [2.45, 2.75) is 44.3 Å². The van der Waals surface area contributed by atoms with Gasteiger partial charge >= 0.3 is 0 Å². The zero-order valence-electron chi connectivity index (χ0n) is 14.5. The lowest BCUT2D eigenvalue weighted by Gasteiger charge is -2.10. The van der Waals surface area contributed by atoms with Crippen LogP contribution in [0.2, 0.25) is 0 Å². The quantitative estimate of drug-likeness (QED) is 0.899. The van der Waals surface area contributed by atoms with Gasteiger partial charge in [-0.15, -0.1) is 0 Å². The van der Waals surface area contributed by atoms with Crippen molar-refractivity contribution in [3.05, 3.63) is 59.2 Å². The fourth-order valence-corrected chi connectivity index (χ4v) is 3.57. The topological polar surface area (TPSA) is 63.2 Å². The van der Waals surface area contributed by atoms with Crippen LogP contribution in [-0.4, -0.2) is 19.6 Å². The third-order valence-corrected chi connectivity index (χ3v) is 5.91. The van der Waals surface area contributed by atoms with E-state index in [2.05, 4.69) is 5.32 Å². The molecule has 0 aliphatic rings.